The summed E-state index contributed by atoms with van der Waals surface area (Å²) in [4.78, 5) is 14.2. The molecule has 0 saturated carbocycles. The lowest BCUT2D eigenvalue weighted by atomic mass is 10.1. The van der Waals surface area contributed by atoms with Crippen LogP contribution in [0.3, 0.4) is 0 Å². The first-order chi connectivity index (χ1) is 11.1. The van der Waals surface area contributed by atoms with Gasteiger partial charge in [0.1, 0.15) is 4.32 Å². The normalized spacial score (nSPS) is 19.5. The number of hydrogen-bond donors (Lipinski definition) is 1. The second-order valence-electron chi connectivity index (χ2n) is 5.36. The van der Waals surface area contributed by atoms with Crippen molar-refractivity contribution in [1.82, 2.24) is 4.90 Å². The van der Waals surface area contributed by atoms with Gasteiger partial charge in [-0.3, -0.25) is 9.69 Å². The van der Waals surface area contributed by atoms with Gasteiger partial charge in [-0.15, -0.1) is 11.6 Å². The lowest BCUT2D eigenvalue weighted by Gasteiger charge is -2.24. The summed E-state index contributed by atoms with van der Waals surface area (Å²) in [5.74, 6) is 1.19. The van der Waals surface area contributed by atoms with Gasteiger partial charge in [0.15, 0.2) is 0 Å². The van der Waals surface area contributed by atoms with Crippen LogP contribution < -0.4 is 0 Å². The summed E-state index contributed by atoms with van der Waals surface area (Å²) in [6, 6.07) is 10.1. The molecule has 1 heterocycles. The molecule has 3 nitrogen and oxygen atoms in total. The van der Waals surface area contributed by atoms with Crippen molar-refractivity contribution < 1.29 is 9.90 Å². The van der Waals surface area contributed by atoms with Crippen molar-refractivity contribution in [2.24, 2.45) is 0 Å². The Hall–Kier alpha value is -0.880. The summed E-state index contributed by atoms with van der Waals surface area (Å²) >= 11 is 12.4. The van der Waals surface area contributed by atoms with Crippen LogP contribution in [0.4, 0.5) is 0 Å². The molecule has 1 fully saturated rings. The summed E-state index contributed by atoms with van der Waals surface area (Å²) in [5.41, 5.74) is 1.18. The van der Waals surface area contributed by atoms with Gasteiger partial charge in [0, 0.05) is 11.6 Å². The molecule has 2 atom stereocenters. The molecule has 2 rings (SSSR count). The number of aliphatic hydroxyl groups excluding tert-OH is 1. The second kappa shape index (κ2) is 9.42. The molecule has 0 radical (unpaired) electrons. The molecule has 1 aliphatic heterocycles. The van der Waals surface area contributed by atoms with Crippen molar-refractivity contribution >= 4 is 45.8 Å². The Morgan fingerprint density at radius 3 is 2.91 bits per heavy atom. The number of benzene rings is 1. The van der Waals surface area contributed by atoms with Crippen molar-refractivity contribution in [3.05, 3.63) is 48.0 Å². The molecule has 0 spiro atoms. The number of carbonyl (C=O) groups is 1. The number of rotatable bonds is 7. The monoisotopic (exact) mass is 369 g/mol. The Morgan fingerprint density at radius 1 is 1.48 bits per heavy atom. The van der Waals surface area contributed by atoms with Crippen molar-refractivity contribution in [2.75, 3.05) is 11.6 Å². The molecule has 1 aromatic rings. The third-order valence-corrected chi connectivity index (χ3v) is 5.33. The number of aliphatic hydroxyl groups is 1. The van der Waals surface area contributed by atoms with Crippen LogP contribution in [-0.4, -0.2) is 44.0 Å². The smallest absolute Gasteiger partial charge is 0.231 e. The number of thiocarbonyl (C=S) groups is 1. The highest BCUT2D eigenvalue weighted by Gasteiger charge is 2.34. The molecule has 0 aliphatic carbocycles. The Labute approximate surface area is 151 Å². The van der Waals surface area contributed by atoms with Crippen molar-refractivity contribution in [2.45, 2.75) is 31.4 Å². The average Bonchev–Trinajstić information content (AvgIpc) is 2.89. The largest absolute Gasteiger partial charge is 0.389 e. The van der Waals surface area contributed by atoms with Crippen LogP contribution in [0.25, 0.3) is 0 Å². The minimum Gasteiger partial charge on any atom is -0.389 e. The third-order valence-electron chi connectivity index (χ3n) is 3.56. The molecule has 6 heteroatoms. The molecule has 1 saturated heterocycles. The van der Waals surface area contributed by atoms with Gasteiger partial charge in [0.05, 0.1) is 18.6 Å². The van der Waals surface area contributed by atoms with Crippen LogP contribution >= 0.6 is 35.6 Å². The first kappa shape index (κ1) is 18.5. The Kier molecular flexibility index (Phi) is 7.56. The molecule has 124 valence electrons. The maximum atomic E-state index is 12.5. The van der Waals surface area contributed by atoms with E-state index in [4.69, 9.17) is 23.8 Å². The zero-order valence-corrected chi connectivity index (χ0v) is 15.1. The summed E-state index contributed by atoms with van der Waals surface area (Å²) < 4.78 is 0.605. The standard InChI is InChI=1S/C17H20ClNO2S2/c18-9-5-4-8-15(20)11-16(21)19-14(12-23-17(19)22)10-13-6-2-1-3-7-13/h1-4,6-8,14-15,20H,5,9-12H2/b8-4+/t14-,15+/m1/s1. The number of carbonyl (C=O) groups excluding carboxylic acids is 1. The van der Waals surface area contributed by atoms with E-state index in [1.165, 1.54) is 17.3 Å². The zero-order chi connectivity index (χ0) is 16.7. The number of thioether (sulfide) groups is 1. The van der Waals surface area contributed by atoms with Crippen molar-refractivity contribution in [3.63, 3.8) is 0 Å². The average molecular weight is 370 g/mol. The summed E-state index contributed by atoms with van der Waals surface area (Å²) in [5, 5.41) is 9.94. The molecule has 1 aromatic carbocycles. The highest BCUT2D eigenvalue weighted by atomic mass is 35.5. The minimum absolute atomic E-state index is 0.0464. The van der Waals surface area contributed by atoms with Gasteiger partial charge in [-0.1, -0.05) is 66.5 Å². The predicted octanol–water partition coefficient (Wildman–Crippen LogP) is 3.39. The lowest BCUT2D eigenvalue weighted by molar-refractivity contribution is -0.129. The number of alkyl halides is 1. The molecule has 1 N–H and O–H groups in total. The molecule has 1 aliphatic rings. The van der Waals surface area contributed by atoms with Crippen molar-refractivity contribution in [1.29, 1.82) is 0 Å². The fourth-order valence-corrected chi connectivity index (χ4v) is 4.04. The molecular formula is C17H20ClNO2S2. The van der Waals surface area contributed by atoms with Gasteiger partial charge in [0.25, 0.3) is 0 Å². The summed E-state index contributed by atoms with van der Waals surface area (Å²) in [7, 11) is 0. The fourth-order valence-electron chi connectivity index (χ4n) is 2.46. The second-order valence-corrected chi connectivity index (χ2v) is 7.39. The van der Waals surface area contributed by atoms with E-state index in [9.17, 15) is 9.90 Å². The van der Waals surface area contributed by atoms with Crippen LogP contribution in [-0.2, 0) is 11.2 Å². The Morgan fingerprint density at radius 2 is 2.22 bits per heavy atom. The topological polar surface area (TPSA) is 40.5 Å². The Bertz CT molecular complexity index is 565. The van der Waals surface area contributed by atoms with E-state index in [-0.39, 0.29) is 18.4 Å². The first-order valence-corrected chi connectivity index (χ1v) is 9.48. The van der Waals surface area contributed by atoms with Crippen LogP contribution in [0.15, 0.2) is 42.5 Å². The van der Waals surface area contributed by atoms with Crippen LogP contribution in [0, 0.1) is 0 Å². The number of allylic oxidation sites excluding steroid dienone is 1. The highest BCUT2D eigenvalue weighted by molar-refractivity contribution is 8.23. The van der Waals surface area contributed by atoms with Gasteiger partial charge in [0.2, 0.25) is 5.91 Å². The van der Waals surface area contributed by atoms with E-state index in [1.807, 2.05) is 18.2 Å². The van der Waals surface area contributed by atoms with E-state index in [1.54, 1.807) is 17.1 Å². The first-order valence-electron chi connectivity index (χ1n) is 7.55. The number of halogens is 1. The van der Waals surface area contributed by atoms with Gasteiger partial charge < -0.3 is 5.11 Å². The van der Waals surface area contributed by atoms with E-state index in [2.05, 4.69) is 12.1 Å². The van der Waals surface area contributed by atoms with E-state index >= 15 is 0 Å². The summed E-state index contributed by atoms with van der Waals surface area (Å²) in [6.45, 7) is 0. The zero-order valence-electron chi connectivity index (χ0n) is 12.7. The van der Waals surface area contributed by atoms with Crippen LogP contribution in [0.5, 0.6) is 0 Å². The molecule has 23 heavy (non-hydrogen) atoms. The van der Waals surface area contributed by atoms with E-state index in [0.29, 0.717) is 16.6 Å². The van der Waals surface area contributed by atoms with Crippen molar-refractivity contribution in [3.8, 4) is 0 Å². The van der Waals surface area contributed by atoms with E-state index < -0.39 is 6.10 Å². The molecule has 0 aromatic heterocycles. The van der Waals surface area contributed by atoms with Gasteiger partial charge in [-0.05, 0) is 18.4 Å². The third kappa shape index (κ3) is 5.60. The van der Waals surface area contributed by atoms with Gasteiger partial charge in [-0.2, -0.15) is 0 Å². The van der Waals surface area contributed by atoms with Crippen LogP contribution in [0.1, 0.15) is 18.4 Å². The molecule has 0 unspecified atom stereocenters. The number of hydrogen-bond acceptors (Lipinski definition) is 4. The molecular weight excluding hydrogens is 350 g/mol. The number of nitrogens with zero attached hydrogens (tertiary/aromatic N) is 1. The Balaban J connectivity index is 1.97. The predicted molar refractivity (Wildman–Crippen MR) is 101 cm³/mol. The molecule has 1 amide bonds. The van der Waals surface area contributed by atoms with Crippen LogP contribution in [0.2, 0.25) is 0 Å². The maximum Gasteiger partial charge on any atom is 0.231 e. The fraction of sp³-hybridized carbons (Fsp3) is 0.412. The maximum absolute atomic E-state index is 12.5. The van der Waals surface area contributed by atoms with Gasteiger partial charge >= 0.3 is 0 Å². The number of amides is 1. The summed E-state index contributed by atoms with van der Waals surface area (Å²) in [6.07, 6.45) is 4.13. The molecule has 0 bridgehead atoms. The lowest BCUT2D eigenvalue weighted by Crippen LogP contribution is -2.41. The van der Waals surface area contributed by atoms with E-state index in [0.717, 1.165) is 12.2 Å². The SMILES string of the molecule is O=C(C[C@@H](O)/C=C/CCCl)N1C(=S)SC[C@H]1Cc1ccccc1. The quantitative estimate of drug-likeness (QED) is 0.454. The minimum atomic E-state index is -0.795. The highest BCUT2D eigenvalue weighted by Crippen LogP contribution is 2.27. The van der Waals surface area contributed by atoms with Gasteiger partial charge in [-0.25, -0.2) is 0 Å².